The zero-order chi connectivity index (χ0) is 28.5. The number of nitrogens with two attached hydrogens (primary N) is 2. The van der Waals surface area contributed by atoms with E-state index in [0.717, 1.165) is 49.5 Å². The Morgan fingerprint density at radius 2 is 2.07 bits per heavy atom. The van der Waals surface area contributed by atoms with E-state index in [1.165, 1.54) is 16.2 Å². The van der Waals surface area contributed by atoms with Gasteiger partial charge in [0.05, 0.1) is 28.9 Å². The van der Waals surface area contributed by atoms with E-state index >= 15 is 0 Å². The lowest BCUT2D eigenvalue weighted by molar-refractivity contribution is 0.107. The molecule has 7 rings (SSSR count). The Bertz CT molecular complexity index is 1530. The Morgan fingerprint density at radius 3 is 2.83 bits per heavy atom. The summed E-state index contributed by atoms with van der Waals surface area (Å²) in [7, 11) is 1.88. The van der Waals surface area contributed by atoms with Crippen LogP contribution < -0.4 is 26.0 Å². The summed E-state index contributed by atoms with van der Waals surface area (Å²) in [6.45, 7) is 4.99. The molecule has 3 aliphatic heterocycles. The number of halogens is 1. The van der Waals surface area contributed by atoms with E-state index in [0.29, 0.717) is 66.6 Å². The summed E-state index contributed by atoms with van der Waals surface area (Å²) in [4.78, 5) is 21.7. The second kappa shape index (κ2) is 9.60. The van der Waals surface area contributed by atoms with Crippen LogP contribution in [0.1, 0.15) is 60.3 Å². The SMILES string of the molecule is CC(c1nsnc1N)N(C)c1nc(OC[C@@]23CCCN2C[C@H](F)C3)nc(N2CC3(CCc4sc(N)c(C#N)c43)C2)n1. The smallest absolute Gasteiger partial charge is 0.323 e. The third-order valence-electron chi connectivity index (χ3n) is 9.41. The maximum atomic E-state index is 14.4. The second-order valence-corrected chi connectivity index (χ2v) is 13.5. The number of aromatic nitrogens is 5. The van der Waals surface area contributed by atoms with E-state index in [1.807, 2.05) is 18.9 Å². The molecule has 1 spiro atoms. The molecule has 3 fully saturated rings. The average molecular weight is 598 g/mol. The average Bonchev–Trinajstić information content (AvgIpc) is 3.72. The fourth-order valence-electron chi connectivity index (χ4n) is 7.16. The van der Waals surface area contributed by atoms with E-state index in [4.69, 9.17) is 26.2 Å². The molecular formula is C26H32FN11OS2. The second-order valence-electron chi connectivity index (χ2n) is 11.8. The van der Waals surface area contributed by atoms with Gasteiger partial charge in [-0.05, 0) is 44.7 Å². The number of aryl methyl sites for hydroxylation is 1. The first-order valence-electron chi connectivity index (χ1n) is 13.9. The summed E-state index contributed by atoms with van der Waals surface area (Å²) in [6, 6.07) is 2.30. The van der Waals surface area contributed by atoms with E-state index in [-0.39, 0.29) is 23.0 Å². The first-order chi connectivity index (χ1) is 19.7. The molecule has 4 N–H and O–H groups in total. The summed E-state index contributed by atoms with van der Waals surface area (Å²) in [5.74, 6) is 1.31. The number of hydrogen-bond donors (Lipinski definition) is 2. The maximum absolute atomic E-state index is 14.4. The highest BCUT2D eigenvalue weighted by Gasteiger charge is 2.52. The van der Waals surface area contributed by atoms with Crippen molar-refractivity contribution in [1.82, 2.24) is 28.6 Å². The van der Waals surface area contributed by atoms with E-state index in [9.17, 15) is 9.65 Å². The van der Waals surface area contributed by atoms with Gasteiger partial charge in [-0.25, -0.2) is 4.39 Å². The van der Waals surface area contributed by atoms with Crippen molar-refractivity contribution in [3.05, 3.63) is 21.7 Å². The maximum Gasteiger partial charge on any atom is 0.323 e. The van der Waals surface area contributed by atoms with Gasteiger partial charge in [-0.15, -0.1) is 11.3 Å². The van der Waals surface area contributed by atoms with Crippen LogP contribution >= 0.6 is 23.1 Å². The minimum absolute atomic E-state index is 0.133. The van der Waals surface area contributed by atoms with E-state index < -0.39 is 6.17 Å². The largest absolute Gasteiger partial charge is 0.461 e. The summed E-state index contributed by atoms with van der Waals surface area (Å²) in [5.41, 5.74) is 14.2. The monoisotopic (exact) mass is 597 g/mol. The van der Waals surface area contributed by atoms with Crippen molar-refractivity contribution in [2.45, 2.75) is 62.2 Å². The molecule has 1 aliphatic carbocycles. The van der Waals surface area contributed by atoms with Gasteiger partial charge < -0.3 is 26.0 Å². The third-order valence-corrected chi connectivity index (χ3v) is 11.0. The van der Waals surface area contributed by atoms with Crippen LogP contribution in [0.3, 0.4) is 0 Å². The topological polar surface area (TPSA) is 159 Å². The molecule has 3 aromatic rings. The molecule has 15 heteroatoms. The van der Waals surface area contributed by atoms with Crippen LogP contribution in [0.4, 0.5) is 27.1 Å². The highest BCUT2D eigenvalue weighted by molar-refractivity contribution is 7.16. The van der Waals surface area contributed by atoms with Crippen molar-refractivity contribution in [2.24, 2.45) is 0 Å². The molecular weight excluding hydrogens is 565 g/mol. The number of anilines is 4. The Labute approximate surface area is 245 Å². The van der Waals surface area contributed by atoms with Crippen LogP contribution in [0.5, 0.6) is 6.01 Å². The molecule has 0 amide bonds. The number of thiophene rings is 1. The van der Waals surface area contributed by atoms with Gasteiger partial charge in [0.2, 0.25) is 11.9 Å². The zero-order valence-electron chi connectivity index (χ0n) is 23.0. The fraction of sp³-hybridized carbons (Fsp3) is 0.615. The number of hydrogen-bond acceptors (Lipinski definition) is 14. The molecule has 0 saturated carbocycles. The predicted octanol–water partition coefficient (Wildman–Crippen LogP) is 2.68. The van der Waals surface area contributed by atoms with Crippen molar-refractivity contribution in [1.29, 1.82) is 5.26 Å². The Balaban J connectivity index is 1.18. The van der Waals surface area contributed by atoms with Crippen LogP contribution in [-0.2, 0) is 11.8 Å². The predicted molar refractivity (Wildman–Crippen MR) is 155 cm³/mol. The highest BCUT2D eigenvalue weighted by atomic mass is 32.1. The fourth-order valence-corrected chi connectivity index (χ4v) is 8.86. The molecule has 3 saturated heterocycles. The first kappa shape index (κ1) is 26.5. The van der Waals surface area contributed by atoms with Gasteiger partial charge in [-0.2, -0.15) is 29.0 Å². The van der Waals surface area contributed by atoms with E-state index in [1.54, 1.807) is 0 Å². The molecule has 216 valence electrons. The Kier molecular flexibility index (Phi) is 6.22. The minimum Gasteiger partial charge on any atom is -0.461 e. The van der Waals surface area contributed by atoms with Gasteiger partial charge in [0, 0.05) is 43.4 Å². The molecule has 3 atom stereocenters. The van der Waals surface area contributed by atoms with Gasteiger partial charge >= 0.3 is 6.01 Å². The van der Waals surface area contributed by atoms with Crippen LogP contribution in [-0.4, -0.2) is 80.1 Å². The third kappa shape index (κ3) is 4.18. The Hall–Kier alpha value is -3.35. The van der Waals surface area contributed by atoms with Gasteiger partial charge in [0.25, 0.3) is 0 Å². The zero-order valence-corrected chi connectivity index (χ0v) is 24.6. The molecule has 4 aliphatic rings. The lowest BCUT2D eigenvalue weighted by Crippen LogP contribution is -2.59. The lowest BCUT2D eigenvalue weighted by Gasteiger charge is -2.48. The van der Waals surface area contributed by atoms with Crippen LogP contribution in [0.25, 0.3) is 0 Å². The summed E-state index contributed by atoms with van der Waals surface area (Å²) in [6.07, 6.45) is 3.44. The van der Waals surface area contributed by atoms with Gasteiger partial charge in [-0.3, -0.25) is 4.90 Å². The number of rotatable bonds is 7. The molecule has 41 heavy (non-hydrogen) atoms. The van der Waals surface area contributed by atoms with Crippen molar-refractivity contribution in [2.75, 3.05) is 61.1 Å². The summed E-state index contributed by atoms with van der Waals surface area (Å²) >= 11 is 2.60. The van der Waals surface area contributed by atoms with Gasteiger partial charge in [-0.1, -0.05) is 0 Å². The van der Waals surface area contributed by atoms with Crippen molar-refractivity contribution >= 4 is 45.8 Å². The quantitative estimate of drug-likeness (QED) is 0.411. The number of ether oxygens (including phenoxy) is 1. The lowest BCUT2D eigenvalue weighted by atomic mass is 9.74. The highest BCUT2D eigenvalue weighted by Crippen LogP contribution is 2.52. The molecule has 0 radical (unpaired) electrons. The molecule has 0 bridgehead atoms. The summed E-state index contributed by atoms with van der Waals surface area (Å²) < 4.78 is 29.1. The minimum atomic E-state index is -0.842. The van der Waals surface area contributed by atoms with Crippen LogP contribution in [0.15, 0.2) is 0 Å². The Morgan fingerprint density at radius 1 is 1.24 bits per heavy atom. The standard InChI is InChI=1S/C26H32FN11OS2/c1-14(19-20(29)35-41-34-19)36(2)22-31-23(33-24(32-22)39-13-26-5-3-7-38(26)10-15(27)8-26)37-11-25(12-37)6-4-17-18(25)16(9-28)21(30)40-17/h14-15H,3-8,10-13,30H2,1-2H3,(H2,29,35)/t14?,15-,26+/m1/s1. The first-order valence-corrected chi connectivity index (χ1v) is 15.4. The molecule has 12 nitrogen and oxygen atoms in total. The van der Waals surface area contributed by atoms with Crippen LogP contribution in [0.2, 0.25) is 0 Å². The normalized spacial score (nSPS) is 25.1. The summed E-state index contributed by atoms with van der Waals surface area (Å²) in [5, 5.41) is 10.4. The van der Waals surface area contributed by atoms with Crippen molar-refractivity contribution < 1.29 is 9.13 Å². The van der Waals surface area contributed by atoms with Gasteiger partial charge in [0.1, 0.15) is 29.5 Å². The van der Waals surface area contributed by atoms with Crippen molar-refractivity contribution in [3.8, 4) is 12.1 Å². The van der Waals surface area contributed by atoms with Crippen LogP contribution in [0, 0.1) is 11.3 Å². The molecule has 6 heterocycles. The molecule has 0 aromatic carbocycles. The number of alkyl halides is 1. The van der Waals surface area contributed by atoms with Crippen molar-refractivity contribution in [3.63, 3.8) is 0 Å². The number of nitrogen functional groups attached to an aromatic ring is 2. The molecule has 3 aromatic heterocycles. The number of nitrogens with zero attached hydrogens (tertiary/aromatic N) is 9. The molecule has 1 unspecified atom stereocenters. The van der Waals surface area contributed by atoms with Gasteiger partial charge in [0.15, 0.2) is 5.82 Å². The number of fused-ring (bicyclic) bond motifs is 3. The number of nitriles is 1. The van der Waals surface area contributed by atoms with E-state index in [2.05, 4.69) is 29.6 Å².